The SMILES string of the molecule is O=C(O)C1=CC2C=CC3C=CC(/C=C\C1C=C2)C(C(=O)O)=C3. The molecule has 0 radical (unpaired) electrons. The Balaban J connectivity index is 2.04. The van der Waals surface area contributed by atoms with Crippen LogP contribution in [0.4, 0.5) is 0 Å². The van der Waals surface area contributed by atoms with Crippen molar-refractivity contribution in [1.82, 2.24) is 0 Å². The number of hydrogen-bond acceptors (Lipinski definition) is 2. The molecule has 4 unspecified atom stereocenters. The highest BCUT2D eigenvalue weighted by Gasteiger charge is 2.24. The average molecular weight is 296 g/mol. The van der Waals surface area contributed by atoms with Crippen molar-refractivity contribution in [2.75, 3.05) is 0 Å². The molecule has 6 aliphatic carbocycles. The molecule has 0 heterocycles. The first kappa shape index (κ1) is 14.3. The predicted molar refractivity (Wildman–Crippen MR) is 82.0 cm³/mol. The van der Waals surface area contributed by atoms with Crippen LogP contribution in [0.25, 0.3) is 0 Å². The van der Waals surface area contributed by atoms with Gasteiger partial charge in [0.1, 0.15) is 0 Å². The fraction of sp³-hybridized carbons (Fsp3) is 0.222. The highest BCUT2D eigenvalue weighted by molar-refractivity contribution is 5.89. The van der Waals surface area contributed by atoms with E-state index in [1.54, 1.807) is 24.3 Å². The van der Waals surface area contributed by atoms with Gasteiger partial charge in [-0.3, -0.25) is 0 Å². The summed E-state index contributed by atoms with van der Waals surface area (Å²) in [5.41, 5.74) is 0.657. The fourth-order valence-electron chi connectivity index (χ4n) is 2.95. The number of aliphatic carboxylic acids is 2. The molecular weight excluding hydrogens is 280 g/mol. The molecule has 0 aromatic carbocycles. The maximum atomic E-state index is 11.4. The van der Waals surface area contributed by atoms with Crippen LogP contribution in [0.1, 0.15) is 0 Å². The molecule has 0 aromatic rings. The maximum Gasteiger partial charge on any atom is 0.332 e. The third kappa shape index (κ3) is 2.72. The maximum absolute atomic E-state index is 11.4. The first-order valence-electron chi connectivity index (χ1n) is 7.18. The molecule has 112 valence electrons. The number of rotatable bonds is 2. The minimum absolute atomic E-state index is 0.0806. The van der Waals surface area contributed by atoms with Gasteiger partial charge in [-0.2, -0.15) is 0 Å². The van der Waals surface area contributed by atoms with E-state index in [2.05, 4.69) is 0 Å². The zero-order valence-corrected chi connectivity index (χ0v) is 11.8. The highest BCUT2D eigenvalue weighted by atomic mass is 16.4. The largest absolute Gasteiger partial charge is 0.478 e. The van der Waals surface area contributed by atoms with Gasteiger partial charge in [0.15, 0.2) is 0 Å². The molecule has 6 rings (SSSR count). The Morgan fingerprint density at radius 1 is 0.636 bits per heavy atom. The smallest absolute Gasteiger partial charge is 0.332 e. The number of carbonyl (C=O) groups is 2. The Labute approximate surface area is 128 Å². The first-order valence-corrected chi connectivity index (χ1v) is 7.18. The van der Waals surface area contributed by atoms with E-state index < -0.39 is 11.9 Å². The zero-order chi connectivity index (χ0) is 15.7. The fourth-order valence-corrected chi connectivity index (χ4v) is 2.95. The summed E-state index contributed by atoms with van der Waals surface area (Å²) < 4.78 is 0. The molecule has 4 bridgehead atoms. The van der Waals surface area contributed by atoms with Gasteiger partial charge >= 0.3 is 11.9 Å². The lowest BCUT2D eigenvalue weighted by molar-refractivity contribution is -0.134. The van der Waals surface area contributed by atoms with Crippen LogP contribution >= 0.6 is 0 Å². The molecule has 4 heteroatoms. The van der Waals surface area contributed by atoms with E-state index in [1.807, 2.05) is 36.5 Å². The summed E-state index contributed by atoms with van der Waals surface area (Å²) in [7, 11) is 0. The predicted octanol–water partition coefficient (Wildman–Crippen LogP) is 2.74. The van der Waals surface area contributed by atoms with Gasteiger partial charge in [-0.05, 0) is 0 Å². The van der Waals surface area contributed by atoms with Crippen molar-refractivity contribution in [1.29, 1.82) is 0 Å². The van der Waals surface area contributed by atoms with Gasteiger partial charge in [0.25, 0.3) is 0 Å². The van der Waals surface area contributed by atoms with Crippen molar-refractivity contribution >= 4 is 11.9 Å². The quantitative estimate of drug-likeness (QED) is 0.768. The van der Waals surface area contributed by atoms with Crippen molar-refractivity contribution in [2.24, 2.45) is 23.7 Å². The minimum Gasteiger partial charge on any atom is -0.478 e. The van der Waals surface area contributed by atoms with Gasteiger partial charge in [-0.1, -0.05) is 60.8 Å². The summed E-state index contributed by atoms with van der Waals surface area (Å²) >= 11 is 0. The van der Waals surface area contributed by atoms with Gasteiger partial charge in [0.05, 0.1) is 0 Å². The molecule has 0 saturated heterocycles. The number of hydrogen-bond donors (Lipinski definition) is 2. The Hall–Kier alpha value is -2.62. The third-order valence-electron chi connectivity index (χ3n) is 4.12. The summed E-state index contributed by atoms with van der Waals surface area (Å²) in [5.74, 6) is -2.70. The van der Waals surface area contributed by atoms with Crippen LogP contribution in [0.5, 0.6) is 0 Å². The van der Waals surface area contributed by atoms with Gasteiger partial charge in [-0.15, -0.1) is 0 Å². The molecule has 2 N–H and O–H groups in total. The number of carboxylic acids is 2. The second-order valence-corrected chi connectivity index (χ2v) is 5.60. The molecule has 0 saturated carbocycles. The molecule has 22 heavy (non-hydrogen) atoms. The molecule has 4 nitrogen and oxygen atoms in total. The van der Waals surface area contributed by atoms with Crippen LogP contribution in [0.3, 0.4) is 0 Å². The second-order valence-electron chi connectivity index (χ2n) is 5.60. The van der Waals surface area contributed by atoms with Crippen LogP contribution in [-0.2, 0) is 9.59 Å². The summed E-state index contributed by atoms with van der Waals surface area (Å²) in [4.78, 5) is 22.8. The van der Waals surface area contributed by atoms with Gasteiger partial charge in [0.2, 0.25) is 0 Å². The summed E-state index contributed by atoms with van der Waals surface area (Å²) in [6.45, 7) is 0. The van der Waals surface area contributed by atoms with Gasteiger partial charge in [0, 0.05) is 34.8 Å². The topological polar surface area (TPSA) is 74.6 Å². The highest BCUT2D eigenvalue weighted by Crippen LogP contribution is 2.30. The first-order chi connectivity index (χ1) is 10.5. The second kappa shape index (κ2) is 5.64. The van der Waals surface area contributed by atoms with Crippen LogP contribution in [0.15, 0.2) is 71.9 Å². The van der Waals surface area contributed by atoms with Crippen molar-refractivity contribution < 1.29 is 19.8 Å². The Kier molecular flexibility index (Phi) is 3.67. The van der Waals surface area contributed by atoms with E-state index in [0.717, 1.165) is 0 Å². The minimum atomic E-state index is -0.941. The Morgan fingerprint density at radius 3 is 1.32 bits per heavy atom. The van der Waals surface area contributed by atoms with Crippen LogP contribution in [0.2, 0.25) is 0 Å². The van der Waals surface area contributed by atoms with Crippen LogP contribution in [-0.4, -0.2) is 22.2 Å². The third-order valence-corrected chi connectivity index (χ3v) is 4.12. The van der Waals surface area contributed by atoms with Crippen LogP contribution < -0.4 is 0 Å². The van der Waals surface area contributed by atoms with Crippen molar-refractivity contribution in [3.05, 3.63) is 71.9 Å². The molecule has 6 aliphatic rings. The Bertz CT molecular complexity index is 630. The molecule has 0 fully saturated rings. The van der Waals surface area contributed by atoms with Crippen molar-refractivity contribution in [3.63, 3.8) is 0 Å². The van der Waals surface area contributed by atoms with Gasteiger partial charge < -0.3 is 10.2 Å². The lowest BCUT2D eigenvalue weighted by Gasteiger charge is -2.22. The molecule has 0 amide bonds. The van der Waals surface area contributed by atoms with E-state index in [4.69, 9.17) is 0 Å². The number of carboxylic acid groups (broad SMARTS) is 2. The summed E-state index contributed by atoms with van der Waals surface area (Å²) in [5, 5.41) is 18.7. The van der Waals surface area contributed by atoms with Crippen molar-refractivity contribution in [2.45, 2.75) is 0 Å². The van der Waals surface area contributed by atoms with E-state index >= 15 is 0 Å². The van der Waals surface area contributed by atoms with E-state index in [0.29, 0.717) is 11.1 Å². The zero-order valence-electron chi connectivity index (χ0n) is 11.8. The standard InChI is InChI=1S/C18H16O4/c19-17(20)15-9-11-1-2-12-4-6-14(16(10-12)18(21)22)8-7-13(15)5-3-11/h1-14H,(H,19,20)(H,21,22)/b2-1?,8-7-. The molecule has 0 spiro atoms. The average Bonchev–Trinajstić information content (AvgIpc) is 2.49. The number of allylic oxidation sites excluding steroid dienone is 10. The molecule has 0 aliphatic heterocycles. The van der Waals surface area contributed by atoms with E-state index in [9.17, 15) is 19.8 Å². The van der Waals surface area contributed by atoms with Crippen LogP contribution in [0, 0.1) is 23.7 Å². The Morgan fingerprint density at radius 2 is 0.955 bits per heavy atom. The lowest BCUT2D eigenvalue weighted by Crippen LogP contribution is -2.17. The van der Waals surface area contributed by atoms with Gasteiger partial charge in [-0.25, -0.2) is 9.59 Å². The molecule has 4 atom stereocenters. The van der Waals surface area contributed by atoms with E-state index in [-0.39, 0.29) is 23.7 Å². The lowest BCUT2D eigenvalue weighted by atomic mass is 9.82. The molecule has 0 aromatic heterocycles. The van der Waals surface area contributed by atoms with Crippen molar-refractivity contribution in [3.8, 4) is 0 Å². The molecular formula is C18H16O4. The monoisotopic (exact) mass is 296 g/mol. The normalized spacial score (nSPS) is 33.6. The van der Waals surface area contributed by atoms with E-state index in [1.165, 1.54) is 0 Å². The summed E-state index contributed by atoms with van der Waals surface area (Å²) in [6.07, 6.45) is 18.5. The summed E-state index contributed by atoms with van der Waals surface area (Å²) in [6, 6.07) is 0.